The molecule has 0 unspecified atom stereocenters. The molecule has 1 aliphatic carbocycles. The molecule has 0 aromatic carbocycles. The van der Waals surface area contributed by atoms with Crippen molar-refractivity contribution in [3.05, 3.63) is 0 Å². The first-order valence-electron chi connectivity index (χ1n) is 5.32. The fourth-order valence-electron chi connectivity index (χ4n) is 2.82. The Morgan fingerprint density at radius 1 is 1.23 bits per heavy atom. The average molecular weight is 182 g/mol. The van der Waals surface area contributed by atoms with E-state index in [4.69, 9.17) is 0 Å². The largest absolute Gasteiger partial charge is 0.356 e. The van der Waals surface area contributed by atoms with Gasteiger partial charge in [0, 0.05) is 12.6 Å². The second-order valence-corrected chi connectivity index (χ2v) is 4.26. The van der Waals surface area contributed by atoms with Crippen molar-refractivity contribution in [1.29, 1.82) is 0 Å². The summed E-state index contributed by atoms with van der Waals surface area (Å²) in [6.45, 7) is 2.25. The molecule has 0 spiro atoms. The van der Waals surface area contributed by atoms with Crippen molar-refractivity contribution in [2.24, 2.45) is 11.8 Å². The van der Waals surface area contributed by atoms with Gasteiger partial charge in [0.2, 0.25) is 6.41 Å². The van der Waals surface area contributed by atoms with E-state index in [-0.39, 0.29) is 0 Å². The molecule has 2 rings (SSSR count). The molecule has 13 heavy (non-hydrogen) atoms. The van der Waals surface area contributed by atoms with Crippen LogP contribution < -0.4 is 10.6 Å². The van der Waals surface area contributed by atoms with Gasteiger partial charge in [0.25, 0.3) is 0 Å². The molecule has 0 radical (unpaired) electrons. The summed E-state index contributed by atoms with van der Waals surface area (Å²) in [6, 6.07) is 0.431. The number of carbonyl (C=O) groups excluding carboxylic acids is 1. The highest BCUT2D eigenvalue weighted by Crippen LogP contribution is 2.31. The topological polar surface area (TPSA) is 41.1 Å². The van der Waals surface area contributed by atoms with Crippen LogP contribution in [0.4, 0.5) is 0 Å². The Labute approximate surface area is 79.3 Å². The molecule has 1 heterocycles. The molecule has 1 amide bonds. The molecule has 1 saturated carbocycles. The summed E-state index contributed by atoms with van der Waals surface area (Å²) in [4.78, 5) is 10.4. The fourth-order valence-corrected chi connectivity index (χ4v) is 2.82. The van der Waals surface area contributed by atoms with E-state index in [1.165, 1.54) is 25.7 Å². The third-order valence-electron chi connectivity index (χ3n) is 3.53. The van der Waals surface area contributed by atoms with Crippen LogP contribution in [0.2, 0.25) is 0 Å². The second-order valence-electron chi connectivity index (χ2n) is 4.26. The Kier molecular flexibility index (Phi) is 2.83. The fraction of sp³-hybridized carbons (Fsp3) is 0.900. The smallest absolute Gasteiger partial charge is 0.207 e. The maximum absolute atomic E-state index is 10.4. The highest BCUT2D eigenvalue weighted by atomic mass is 16.1. The van der Waals surface area contributed by atoms with Gasteiger partial charge in [-0.1, -0.05) is 12.8 Å². The van der Waals surface area contributed by atoms with Crippen LogP contribution in [-0.2, 0) is 4.79 Å². The van der Waals surface area contributed by atoms with E-state index in [0.29, 0.717) is 12.0 Å². The number of rotatable bonds is 2. The predicted molar refractivity (Wildman–Crippen MR) is 51.3 cm³/mol. The van der Waals surface area contributed by atoms with Gasteiger partial charge >= 0.3 is 0 Å². The molecule has 2 N–H and O–H groups in total. The zero-order valence-corrected chi connectivity index (χ0v) is 7.96. The quantitative estimate of drug-likeness (QED) is 0.611. The van der Waals surface area contributed by atoms with E-state index in [0.717, 1.165) is 25.4 Å². The van der Waals surface area contributed by atoms with E-state index in [9.17, 15) is 4.79 Å². The van der Waals surface area contributed by atoms with E-state index in [2.05, 4.69) is 10.6 Å². The van der Waals surface area contributed by atoms with Crippen molar-refractivity contribution < 1.29 is 4.79 Å². The predicted octanol–water partition coefficient (Wildman–Crippen LogP) is 0.511. The Hall–Kier alpha value is -0.570. The molecule has 0 aromatic rings. The molecular formula is C10H18N2O. The third kappa shape index (κ3) is 1.85. The van der Waals surface area contributed by atoms with Gasteiger partial charge in [0.05, 0.1) is 0 Å². The number of fused-ring (bicyclic) bond motifs is 1. The van der Waals surface area contributed by atoms with Crippen molar-refractivity contribution in [3.63, 3.8) is 0 Å². The van der Waals surface area contributed by atoms with Crippen molar-refractivity contribution >= 4 is 6.41 Å². The van der Waals surface area contributed by atoms with Crippen molar-refractivity contribution in [2.75, 3.05) is 13.1 Å². The minimum absolute atomic E-state index is 0.431. The van der Waals surface area contributed by atoms with E-state index < -0.39 is 0 Å². The lowest BCUT2D eigenvalue weighted by Gasteiger charge is -2.24. The molecule has 2 fully saturated rings. The lowest BCUT2D eigenvalue weighted by molar-refractivity contribution is -0.110. The number of hydrogen-bond acceptors (Lipinski definition) is 2. The van der Waals surface area contributed by atoms with Crippen molar-refractivity contribution in [3.8, 4) is 0 Å². The summed E-state index contributed by atoms with van der Waals surface area (Å²) in [5, 5.41) is 6.40. The van der Waals surface area contributed by atoms with Gasteiger partial charge < -0.3 is 10.6 Å². The monoisotopic (exact) mass is 182 g/mol. The number of hydrogen-bond donors (Lipinski definition) is 2. The zero-order chi connectivity index (χ0) is 9.10. The number of carbonyl (C=O) groups is 1. The Morgan fingerprint density at radius 2 is 2.08 bits per heavy atom. The SMILES string of the molecule is O=CN[C@@H]1CCCC[C@H]2CNC[C@@H]21. The highest BCUT2D eigenvalue weighted by molar-refractivity contribution is 5.46. The highest BCUT2D eigenvalue weighted by Gasteiger charge is 2.34. The molecule has 0 aromatic heterocycles. The summed E-state index contributed by atoms with van der Waals surface area (Å²) in [6.07, 6.45) is 5.99. The third-order valence-corrected chi connectivity index (χ3v) is 3.53. The van der Waals surface area contributed by atoms with Crippen molar-refractivity contribution in [2.45, 2.75) is 31.7 Å². The number of amides is 1. The minimum atomic E-state index is 0.431. The molecule has 74 valence electrons. The minimum Gasteiger partial charge on any atom is -0.356 e. The summed E-state index contributed by atoms with van der Waals surface area (Å²) in [7, 11) is 0. The van der Waals surface area contributed by atoms with Gasteiger partial charge in [0.15, 0.2) is 0 Å². The van der Waals surface area contributed by atoms with E-state index in [1.807, 2.05) is 0 Å². The molecule has 0 bridgehead atoms. The summed E-state index contributed by atoms with van der Waals surface area (Å²) >= 11 is 0. The maximum atomic E-state index is 10.4. The molecule has 3 atom stereocenters. The first kappa shape index (κ1) is 9.00. The van der Waals surface area contributed by atoms with Gasteiger partial charge in [-0.05, 0) is 31.2 Å². The van der Waals surface area contributed by atoms with Gasteiger partial charge in [0.1, 0.15) is 0 Å². The van der Waals surface area contributed by atoms with Crippen LogP contribution in [0.1, 0.15) is 25.7 Å². The van der Waals surface area contributed by atoms with Gasteiger partial charge in [-0.2, -0.15) is 0 Å². The lowest BCUT2D eigenvalue weighted by atomic mass is 9.88. The van der Waals surface area contributed by atoms with Crippen LogP contribution in [0.15, 0.2) is 0 Å². The van der Waals surface area contributed by atoms with Crippen molar-refractivity contribution in [1.82, 2.24) is 10.6 Å². The number of nitrogens with one attached hydrogen (secondary N) is 2. The lowest BCUT2D eigenvalue weighted by Crippen LogP contribution is -2.38. The molecule has 2 aliphatic rings. The maximum Gasteiger partial charge on any atom is 0.207 e. The van der Waals surface area contributed by atoms with E-state index in [1.54, 1.807) is 0 Å². The van der Waals surface area contributed by atoms with Crippen LogP contribution in [-0.4, -0.2) is 25.5 Å². The second kappa shape index (κ2) is 4.09. The van der Waals surface area contributed by atoms with Crippen LogP contribution in [0.5, 0.6) is 0 Å². The van der Waals surface area contributed by atoms with Crippen LogP contribution in [0.25, 0.3) is 0 Å². The molecule has 1 saturated heterocycles. The zero-order valence-electron chi connectivity index (χ0n) is 7.96. The summed E-state index contributed by atoms with van der Waals surface area (Å²) in [5.41, 5.74) is 0. The summed E-state index contributed by atoms with van der Waals surface area (Å²) in [5.74, 6) is 1.49. The summed E-state index contributed by atoms with van der Waals surface area (Å²) < 4.78 is 0. The Bertz CT molecular complexity index is 184. The Morgan fingerprint density at radius 3 is 2.92 bits per heavy atom. The van der Waals surface area contributed by atoms with Crippen LogP contribution in [0.3, 0.4) is 0 Å². The van der Waals surface area contributed by atoms with Gasteiger partial charge in [-0.25, -0.2) is 0 Å². The van der Waals surface area contributed by atoms with Gasteiger partial charge in [-0.15, -0.1) is 0 Å². The first-order valence-corrected chi connectivity index (χ1v) is 5.32. The normalized spacial score (nSPS) is 39.2. The molecule has 1 aliphatic heterocycles. The van der Waals surface area contributed by atoms with Gasteiger partial charge in [-0.3, -0.25) is 4.79 Å². The average Bonchev–Trinajstić information content (AvgIpc) is 2.52. The Balaban J connectivity index is 2.01. The standard InChI is InChI=1S/C10H18N2O/c13-7-12-10-4-2-1-3-8-5-11-6-9(8)10/h7-11H,1-6H2,(H,12,13)/t8-,9-,10+/m0/s1. The molecular weight excluding hydrogens is 164 g/mol. The van der Waals surface area contributed by atoms with Crippen LogP contribution in [0, 0.1) is 11.8 Å². The molecule has 3 heteroatoms. The molecule has 3 nitrogen and oxygen atoms in total. The first-order chi connectivity index (χ1) is 6.42. The van der Waals surface area contributed by atoms with Crippen LogP contribution >= 0.6 is 0 Å². The van der Waals surface area contributed by atoms with E-state index >= 15 is 0 Å².